The number of fused-ring (bicyclic) bond motifs is 1. The van der Waals surface area contributed by atoms with Gasteiger partial charge in [0.25, 0.3) is 5.91 Å². The second-order valence-electron chi connectivity index (χ2n) is 7.83. The van der Waals surface area contributed by atoms with Crippen molar-refractivity contribution in [3.63, 3.8) is 0 Å². The van der Waals surface area contributed by atoms with Crippen molar-refractivity contribution in [2.45, 2.75) is 33.2 Å². The molecule has 0 bridgehead atoms. The summed E-state index contributed by atoms with van der Waals surface area (Å²) in [4.78, 5) is 15.2. The number of hydrogen-bond acceptors (Lipinski definition) is 3. The summed E-state index contributed by atoms with van der Waals surface area (Å²) >= 11 is 0. The van der Waals surface area contributed by atoms with Crippen molar-refractivity contribution in [1.29, 1.82) is 0 Å². The van der Waals surface area contributed by atoms with Crippen molar-refractivity contribution in [1.82, 2.24) is 14.7 Å². The van der Waals surface area contributed by atoms with Crippen LogP contribution in [0.25, 0.3) is 11.3 Å². The first kappa shape index (κ1) is 19.2. The van der Waals surface area contributed by atoms with Gasteiger partial charge in [0.2, 0.25) is 0 Å². The highest BCUT2D eigenvalue weighted by atomic mass is 16.5. The highest BCUT2D eigenvalue weighted by Crippen LogP contribution is 2.33. The highest BCUT2D eigenvalue weighted by molar-refractivity contribution is 5.94. The number of carbonyl (C=O) groups is 1. The number of aryl methyl sites for hydroxylation is 3. The molecular formula is C24H27N3O2. The highest BCUT2D eigenvalue weighted by Gasteiger charge is 2.30. The first-order valence-corrected chi connectivity index (χ1v) is 9.98. The van der Waals surface area contributed by atoms with Crippen LogP contribution in [-0.2, 0) is 13.5 Å². The van der Waals surface area contributed by atoms with Crippen LogP contribution in [0.1, 0.15) is 45.7 Å². The third-order valence-electron chi connectivity index (χ3n) is 6.06. The molecule has 2 aromatic carbocycles. The monoisotopic (exact) mass is 389 g/mol. The Morgan fingerprint density at radius 2 is 1.90 bits per heavy atom. The van der Waals surface area contributed by atoms with Gasteiger partial charge in [0.05, 0.1) is 18.8 Å². The molecule has 5 heteroatoms. The fourth-order valence-electron chi connectivity index (χ4n) is 4.09. The van der Waals surface area contributed by atoms with E-state index < -0.39 is 0 Å². The van der Waals surface area contributed by atoms with Crippen LogP contribution in [0.15, 0.2) is 42.5 Å². The van der Waals surface area contributed by atoms with Crippen LogP contribution in [0.5, 0.6) is 5.75 Å². The summed E-state index contributed by atoms with van der Waals surface area (Å²) in [6.07, 6.45) is 0.840. The summed E-state index contributed by atoms with van der Waals surface area (Å²) in [5.41, 5.74) is 7.41. The lowest BCUT2D eigenvalue weighted by Crippen LogP contribution is -2.39. The molecule has 0 N–H and O–H groups in total. The van der Waals surface area contributed by atoms with E-state index in [9.17, 15) is 4.79 Å². The van der Waals surface area contributed by atoms with Crippen molar-refractivity contribution in [3.05, 3.63) is 70.4 Å². The quantitative estimate of drug-likeness (QED) is 0.664. The Morgan fingerprint density at radius 1 is 1.10 bits per heavy atom. The maximum atomic E-state index is 13.3. The van der Waals surface area contributed by atoms with Crippen LogP contribution >= 0.6 is 0 Å². The van der Waals surface area contributed by atoms with Gasteiger partial charge in [-0.15, -0.1) is 0 Å². The molecule has 3 aromatic rings. The van der Waals surface area contributed by atoms with Crippen molar-refractivity contribution < 1.29 is 9.53 Å². The first-order valence-electron chi connectivity index (χ1n) is 9.98. The van der Waals surface area contributed by atoms with E-state index in [2.05, 4.69) is 50.1 Å². The lowest BCUT2D eigenvalue weighted by atomic mass is 9.93. The number of benzene rings is 2. The predicted octanol–water partition coefficient (Wildman–Crippen LogP) is 4.47. The fraction of sp³-hybridized carbons (Fsp3) is 0.333. The van der Waals surface area contributed by atoms with E-state index in [4.69, 9.17) is 4.74 Å². The molecule has 1 aliphatic heterocycles. The number of ether oxygens (including phenoxy) is 1. The topological polar surface area (TPSA) is 47.4 Å². The second-order valence-corrected chi connectivity index (χ2v) is 7.83. The Balaban J connectivity index is 1.64. The zero-order valence-corrected chi connectivity index (χ0v) is 17.7. The largest absolute Gasteiger partial charge is 0.497 e. The smallest absolute Gasteiger partial charge is 0.274 e. The van der Waals surface area contributed by atoms with Gasteiger partial charge in [-0.3, -0.25) is 9.48 Å². The van der Waals surface area contributed by atoms with Gasteiger partial charge in [0, 0.05) is 19.2 Å². The lowest BCUT2D eigenvalue weighted by molar-refractivity contribution is 0.0670. The number of nitrogens with zero attached hydrogens (tertiary/aromatic N) is 3. The van der Waals surface area contributed by atoms with Crippen LogP contribution in [0.2, 0.25) is 0 Å². The van der Waals surface area contributed by atoms with Gasteiger partial charge >= 0.3 is 0 Å². The molecule has 0 spiro atoms. The summed E-state index contributed by atoms with van der Waals surface area (Å²) in [5, 5.41) is 4.54. The first-order chi connectivity index (χ1) is 13.9. The average Bonchev–Trinajstić information content (AvgIpc) is 3.11. The van der Waals surface area contributed by atoms with Gasteiger partial charge in [0.1, 0.15) is 5.75 Å². The zero-order valence-electron chi connectivity index (χ0n) is 17.7. The summed E-state index contributed by atoms with van der Waals surface area (Å²) < 4.78 is 7.17. The SMILES string of the molecule is COc1ccc2c(c1)C(C)N(C(=O)c1cc(-c3ccc(C)c(C)c3)n(C)n1)CC2. The molecule has 1 aromatic heterocycles. The van der Waals surface area contributed by atoms with Crippen LogP contribution in [-0.4, -0.2) is 34.2 Å². The Labute approximate surface area is 171 Å². The molecule has 1 amide bonds. The number of aromatic nitrogens is 2. The van der Waals surface area contributed by atoms with E-state index in [1.54, 1.807) is 11.8 Å². The van der Waals surface area contributed by atoms with E-state index in [1.165, 1.54) is 16.7 Å². The van der Waals surface area contributed by atoms with Gasteiger partial charge in [-0.05, 0) is 73.7 Å². The Hall–Kier alpha value is -3.08. The number of methoxy groups -OCH3 is 1. The fourth-order valence-corrected chi connectivity index (χ4v) is 4.09. The molecule has 1 aliphatic rings. The molecule has 150 valence electrons. The molecule has 0 aliphatic carbocycles. The van der Waals surface area contributed by atoms with Gasteiger partial charge in [-0.25, -0.2) is 0 Å². The van der Waals surface area contributed by atoms with Crippen LogP contribution in [0.4, 0.5) is 0 Å². The predicted molar refractivity (Wildman–Crippen MR) is 114 cm³/mol. The maximum Gasteiger partial charge on any atom is 0.274 e. The third kappa shape index (κ3) is 3.41. The normalized spacial score (nSPS) is 15.9. The number of hydrogen-bond donors (Lipinski definition) is 0. The van der Waals surface area contributed by atoms with E-state index in [0.717, 1.165) is 29.0 Å². The molecule has 0 radical (unpaired) electrons. The van der Waals surface area contributed by atoms with E-state index in [1.807, 2.05) is 30.1 Å². The second kappa shape index (κ2) is 7.39. The molecule has 2 heterocycles. The van der Waals surface area contributed by atoms with Gasteiger partial charge in [0.15, 0.2) is 5.69 Å². The van der Waals surface area contributed by atoms with Gasteiger partial charge in [-0.2, -0.15) is 5.10 Å². The Bertz CT molecular complexity index is 1080. The average molecular weight is 389 g/mol. The summed E-state index contributed by atoms with van der Waals surface area (Å²) in [5.74, 6) is 0.788. The van der Waals surface area contributed by atoms with E-state index >= 15 is 0 Å². The standard InChI is InChI=1S/C24H27N3O2/c1-15-6-7-19(12-16(15)2)23-14-22(25-26(23)4)24(28)27-11-10-18-8-9-20(29-5)13-21(18)17(27)3/h6-9,12-14,17H,10-11H2,1-5H3. The summed E-state index contributed by atoms with van der Waals surface area (Å²) in [7, 11) is 3.56. The summed E-state index contributed by atoms with van der Waals surface area (Å²) in [6, 6.07) is 14.3. The molecule has 29 heavy (non-hydrogen) atoms. The van der Waals surface area contributed by atoms with Crippen molar-refractivity contribution >= 4 is 5.91 Å². The molecule has 5 nitrogen and oxygen atoms in total. The summed E-state index contributed by atoms with van der Waals surface area (Å²) in [6.45, 7) is 6.96. The Morgan fingerprint density at radius 3 is 2.62 bits per heavy atom. The Kier molecular flexibility index (Phi) is 4.91. The third-order valence-corrected chi connectivity index (χ3v) is 6.06. The number of rotatable bonds is 3. The van der Waals surface area contributed by atoms with E-state index in [-0.39, 0.29) is 11.9 Å². The minimum atomic E-state index is -0.0309. The molecule has 0 saturated carbocycles. The lowest BCUT2D eigenvalue weighted by Gasteiger charge is -2.35. The molecular weight excluding hydrogens is 362 g/mol. The van der Waals surface area contributed by atoms with Gasteiger partial charge in [-0.1, -0.05) is 18.2 Å². The molecule has 0 fully saturated rings. The van der Waals surface area contributed by atoms with Crippen LogP contribution < -0.4 is 4.74 Å². The minimum absolute atomic E-state index is 0.0200. The number of carbonyl (C=O) groups excluding carboxylic acids is 1. The van der Waals surface area contributed by atoms with Crippen molar-refractivity contribution in [3.8, 4) is 17.0 Å². The molecule has 0 saturated heterocycles. The van der Waals surface area contributed by atoms with Crippen molar-refractivity contribution in [2.24, 2.45) is 7.05 Å². The molecule has 4 rings (SSSR count). The molecule has 1 atom stereocenters. The van der Waals surface area contributed by atoms with Crippen LogP contribution in [0, 0.1) is 13.8 Å². The van der Waals surface area contributed by atoms with Gasteiger partial charge < -0.3 is 9.64 Å². The van der Waals surface area contributed by atoms with Crippen molar-refractivity contribution in [2.75, 3.05) is 13.7 Å². The maximum absolute atomic E-state index is 13.3. The number of amides is 1. The van der Waals surface area contributed by atoms with Crippen LogP contribution in [0.3, 0.4) is 0 Å². The minimum Gasteiger partial charge on any atom is -0.497 e. The zero-order chi connectivity index (χ0) is 20.7. The van der Waals surface area contributed by atoms with E-state index in [0.29, 0.717) is 12.2 Å². The molecule has 1 unspecified atom stereocenters.